The average molecular weight is 233 g/mol. The molecule has 0 aliphatic carbocycles. The summed E-state index contributed by atoms with van der Waals surface area (Å²) in [7, 11) is 0. The van der Waals surface area contributed by atoms with Crippen molar-refractivity contribution in [3.63, 3.8) is 0 Å². The summed E-state index contributed by atoms with van der Waals surface area (Å²) in [6, 6.07) is -1.64. The Bertz CT molecular complexity index is 113. The molecule has 11 heavy (non-hydrogen) atoms. The first kappa shape index (κ1) is 11.8. The van der Waals surface area contributed by atoms with Gasteiger partial charge in [-0.05, 0) is 19.0 Å². The Morgan fingerprint density at radius 3 is 2.45 bits per heavy atom. The molecule has 0 aromatic carbocycles. The highest BCUT2D eigenvalue weighted by Gasteiger charge is 2.23. The highest BCUT2D eigenvalue weighted by Crippen LogP contribution is 2.25. The summed E-state index contributed by atoms with van der Waals surface area (Å²) in [6.45, 7) is 5.29. The molecular formula is C6H12Cl3NSi. The largest absolute Gasteiger partial charge is 0.341 e. The monoisotopic (exact) mass is 231 g/mol. The molecule has 0 amide bonds. The summed E-state index contributed by atoms with van der Waals surface area (Å²) in [5.41, 5.74) is 0. The first-order valence-corrected chi connectivity index (χ1v) is 8.69. The summed E-state index contributed by atoms with van der Waals surface area (Å²) in [6.07, 6.45) is 2.74. The second-order valence-electron chi connectivity index (χ2n) is 2.21. The van der Waals surface area contributed by atoms with Crippen LogP contribution >= 0.6 is 33.2 Å². The minimum Gasteiger partial charge on any atom is -0.313 e. The Hall–Kier alpha value is 0.787. The minimum atomic E-state index is -2.37. The third kappa shape index (κ3) is 10.8. The van der Waals surface area contributed by atoms with Crippen molar-refractivity contribution < 1.29 is 0 Å². The normalized spacial score (nSPS) is 11.5. The van der Waals surface area contributed by atoms with Gasteiger partial charge >= 0.3 is 6.00 Å². The molecule has 0 rings (SSSR count). The van der Waals surface area contributed by atoms with Crippen molar-refractivity contribution in [1.29, 1.82) is 0 Å². The number of halogens is 3. The molecule has 0 aliphatic heterocycles. The van der Waals surface area contributed by atoms with E-state index >= 15 is 0 Å². The van der Waals surface area contributed by atoms with Crippen LogP contribution in [0.3, 0.4) is 0 Å². The number of nitrogens with one attached hydrogen (secondary N) is 1. The number of rotatable bonds is 6. The van der Waals surface area contributed by atoms with Crippen LogP contribution < -0.4 is 5.32 Å². The van der Waals surface area contributed by atoms with Crippen molar-refractivity contribution in [1.82, 2.24) is 5.32 Å². The van der Waals surface area contributed by atoms with Gasteiger partial charge in [-0.2, -0.15) is 0 Å². The van der Waals surface area contributed by atoms with Gasteiger partial charge in [0, 0.05) is 6.54 Å². The van der Waals surface area contributed by atoms with Gasteiger partial charge in [0.25, 0.3) is 0 Å². The summed E-state index contributed by atoms with van der Waals surface area (Å²) < 4.78 is 0. The highest BCUT2D eigenvalue weighted by molar-refractivity contribution is 7.64. The second-order valence-corrected chi connectivity index (χ2v) is 11.5. The van der Waals surface area contributed by atoms with Crippen molar-refractivity contribution in [3.05, 3.63) is 12.7 Å². The van der Waals surface area contributed by atoms with E-state index < -0.39 is 6.00 Å². The van der Waals surface area contributed by atoms with Crippen LogP contribution in [0.25, 0.3) is 0 Å². The van der Waals surface area contributed by atoms with Crippen LogP contribution in [0.15, 0.2) is 12.7 Å². The zero-order valence-electron chi connectivity index (χ0n) is 6.25. The van der Waals surface area contributed by atoms with Gasteiger partial charge in [-0.1, -0.05) is 6.08 Å². The molecule has 0 spiro atoms. The molecule has 1 N–H and O–H groups in total. The van der Waals surface area contributed by atoms with Crippen molar-refractivity contribution in [2.75, 3.05) is 13.1 Å². The van der Waals surface area contributed by atoms with Crippen LogP contribution in [-0.2, 0) is 0 Å². The SMILES string of the molecule is C=CCNCCC[Si](Cl)(Cl)Cl. The van der Waals surface area contributed by atoms with E-state index in [1.165, 1.54) is 0 Å². The smallest absolute Gasteiger partial charge is 0.313 e. The van der Waals surface area contributed by atoms with E-state index in [2.05, 4.69) is 11.9 Å². The molecule has 0 saturated carbocycles. The maximum Gasteiger partial charge on any atom is 0.341 e. The topological polar surface area (TPSA) is 12.0 Å². The molecule has 0 heterocycles. The third-order valence-corrected chi connectivity index (χ3v) is 3.72. The molecule has 1 nitrogen and oxygen atoms in total. The van der Waals surface area contributed by atoms with Gasteiger partial charge in [-0.15, -0.1) is 39.8 Å². The van der Waals surface area contributed by atoms with Crippen LogP contribution in [0, 0.1) is 0 Å². The van der Waals surface area contributed by atoms with Crippen LogP contribution in [0.2, 0.25) is 6.04 Å². The van der Waals surface area contributed by atoms with E-state index in [1.807, 2.05) is 6.08 Å². The molecule has 0 saturated heterocycles. The lowest BCUT2D eigenvalue weighted by Gasteiger charge is -2.06. The molecule has 0 aromatic rings. The maximum absolute atomic E-state index is 5.67. The molecule has 5 heteroatoms. The zero-order chi connectivity index (χ0) is 8.74. The van der Waals surface area contributed by atoms with Crippen molar-refractivity contribution in [2.24, 2.45) is 0 Å². The zero-order valence-corrected chi connectivity index (χ0v) is 9.51. The van der Waals surface area contributed by atoms with E-state index in [9.17, 15) is 0 Å². The molecular weight excluding hydrogens is 221 g/mol. The standard InChI is InChI=1S/C6H12Cl3NSi/c1-2-4-10-5-3-6-11(7,8)9/h2,10H,1,3-6H2. The summed E-state index contributed by atoms with van der Waals surface area (Å²) in [5.74, 6) is 0. The van der Waals surface area contributed by atoms with Gasteiger partial charge in [-0.3, -0.25) is 0 Å². The van der Waals surface area contributed by atoms with Crippen LogP contribution in [0.1, 0.15) is 6.42 Å². The molecule has 66 valence electrons. The van der Waals surface area contributed by atoms with Gasteiger partial charge in [-0.25, -0.2) is 0 Å². The summed E-state index contributed by atoms with van der Waals surface area (Å²) in [4.78, 5) is 0. The lowest BCUT2D eigenvalue weighted by atomic mass is 10.4. The van der Waals surface area contributed by atoms with Crippen molar-refractivity contribution in [2.45, 2.75) is 12.5 Å². The van der Waals surface area contributed by atoms with E-state index in [-0.39, 0.29) is 0 Å². The molecule has 0 aliphatic rings. The lowest BCUT2D eigenvalue weighted by molar-refractivity contribution is 0.728. The highest BCUT2D eigenvalue weighted by atomic mass is 35.8. The number of hydrogen-bond donors (Lipinski definition) is 1. The van der Waals surface area contributed by atoms with E-state index in [4.69, 9.17) is 33.2 Å². The van der Waals surface area contributed by atoms with Gasteiger partial charge in [0.2, 0.25) is 0 Å². The van der Waals surface area contributed by atoms with Gasteiger partial charge in [0.05, 0.1) is 0 Å². The summed E-state index contributed by atoms with van der Waals surface area (Å²) >= 11 is 17.0. The average Bonchev–Trinajstić information content (AvgIpc) is 1.85. The lowest BCUT2D eigenvalue weighted by Crippen LogP contribution is -2.18. The molecule has 0 fully saturated rings. The van der Waals surface area contributed by atoms with Gasteiger partial charge < -0.3 is 5.32 Å². The van der Waals surface area contributed by atoms with Gasteiger partial charge in [0.15, 0.2) is 0 Å². The van der Waals surface area contributed by atoms with Crippen LogP contribution in [-0.4, -0.2) is 19.1 Å². The van der Waals surface area contributed by atoms with E-state index in [0.29, 0.717) is 0 Å². The molecule has 0 atom stereocenters. The van der Waals surface area contributed by atoms with Crippen LogP contribution in [0.5, 0.6) is 0 Å². The first-order chi connectivity index (χ1) is 5.06. The molecule has 0 bridgehead atoms. The minimum absolute atomic E-state index is 0.724. The molecule has 0 radical (unpaired) electrons. The second kappa shape index (κ2) is 6.32. The fraction of sp³-hybridized carbons (Fsp3) is 0.667. The quantitative estimate of drug-likeness (QED) is 0.321. The Balaban J connectivity index is 3.08. The fourth-order valence-corrected chi connectivity index (χ4v) is 2.40. The Morgan fingerprint density at radius 1 is 1.36 bits per heavy atom. The van der Waals surface area contributed by atoms with E-state index in [0.717, 1.165) is 25.6 Å². The Morgan fingerprint density at radius 2 is 2.00 bits per heavy atom. The maximum atomic E-state index is 5.67. The van der Waals surface area contributed by atoms with Crippen molar-refractivity contribution in [3.8, 4) is 0 Å². The van der Waals surface area contributed by atoms with Gasteiger partial charge in [0.1, 0.15) is 0 Å². The predicted octanol–water partition coefficient (Wildman–Crippen LogP) is 2.81. The Labute approximate surface area is 82.8 Å². The first-order valence-electron chi connectivity index (χ1n) is 3.44. The van der Waals surface area contributed by atoms with E-state index in [1.54, 1.807) is 0 Å². The fourth-order valence-electron chi connectivity index (χ4n) is 0.618. The predicted molar refractivity (Wildman–Crippen MR) is 55.8 cm³/mol. The summed E-state index contributed by atoms with van der Waals surface area (Å²) in [5, 5.41) is 3.14. The Kier molecular flexibility index (Phi) is 6.77. The van der Waals surface area contributed by atoms with Crippen LogP contribution in [0.4, 0.5) is 0 Å². The molecule has 0 aromatic heterocycles. The van der Waals surface area contributed by atoms with Crippen molar-refractivity contribution >= 4 is 39.2 Å². The molecule has 0 unspecified atom stereocenters. The third-order valence-electron chi connectivity index (χ3n) is 1.10. The number of hydrogen-bond acceptors (Lipinski definition) is 1.